The minimum atomic E-state index is -4.09. The maximum Gasteiger partial charge on any atom is 0.268 e. The number of sulfonamides is 1. The zero-order valence-electron chi connectivity index (χ0n) is 18.4. The minimum Gasteiger partial charge on any atom is -0.495 e. The number of nitrogens with zero attached hydrogens (tertiary/aromatic N) is 2. The molecular weight excluding hydrogens is 426 g/mol. The van der Waals surface area contributed by atoms with Crippen molar-refractivity contribution in [2.24, 2.45) is 0 Å². The van der Waals surface area contributed by atoms with Crippen molar-refractivity contribution < 1.29 is 17.9 Å². The Hall–Kier alpha value is -3.39. The summed E-state index contributed by atoms with van der Waals surface area (Å²) in [5.74, 6) is -0.218. The molecule has 1 amide bonds. The van der Waals surface area contributed by atoms with Gasteiger partial charge in [0.2, 0.25) is 5.91 Å². The van der Waals surface area contributed by atoms with Crippen LogP contribution in [0.25, 0.3) is 0 Å². The molecule has 32 heavy (non-hydrogen) atoms. The summed E-state index contributed by atoms with van der Waals surface area (Å²) in [6.07, 6.45) is 2.46. The number of aromatic nitrogens is 1. The van der Waals surface area contributed by atoms with Crippen molar-refractivity contribution in [2.75, 3.05) is 18.0 Å². The van der Waals surface area contributed by atoms with E-state index in [1.807, 2.05) is 25.1 Å². The lowest BCUT2D eigenvalue weighted by molar-refractivity contribution is -0.119. The topological polar surface area (TPSA) is 88.6 Å². The molecule has 2 aromatic carbocycles. The van der Waals surface area contributed by atoms with Crippen molar-refractivity contribution in [2.45, 2.75) is 31.7 Å². The Morgan fingerprint density at radius 3 is 2.47 bits per heavy atom. The highest BCUT2D eigenvalue weighted by Crippen LogP contribution is 2.31. The SMILES string of the molecule is CCc1ccc(N(CC(=O)NCc2ccccn2)S(=O)(=O)c2cc(C)ccc2OC)cc1. The summed E-state index contributed by atoms with van der Waals surface area (Å²) in [6, 6.07) is 17.5. The molecule has 0 aliphatic rings. The zero-order chi connectivity index (χ0) is 23.1. The number of carbonyl (C=O) groups is 1. The number of hydrogen-bond acceptors (Lipinski definition) is 5. The van der Waals surface area contributed by atoms with Crippen LogP contribution in [0.2, 0.25) is 0 Å². The first kappa shape index (κ1) is 23.3. The standard InChI is InChI=1S/C24H27N3O4S/c1-4-19-9-11-21(12-10-19)27(17-24(28)26-16-20-7-5-6-14-25-20)32(29,30)23-15-18(2)8-13-22(23)31-3/h5-15H,4,16-17H2,1-3H3,(H,26,28). The molecule has 1 heterocycles. The van der Waals surface area contributed by atoms with Crippen LogP contribution in [0.5, 0.6) is 5.75 Å². The molecule has 0 radical (unpaired) electrons. The van der Waals surface area contributed by atoms with Gasteiger partial charge in [-0.15, -0.1) is 0 Å². The van der Waals surface area contributed by atoms with Crippen molar-refractivity contribution >= 4 is 21.6 Å². The second kappa shape index (κ2) is 10.3. The highest BCUT2D eigenvalue weighted by Gasteiger charge is 2.30. The predicted molar refractivity (Wildman–Crippen MR) is 124 cm³/mol. The largest absolute Gasteiger partial charge is 0.495 e. The molecule has 0 aliphatic carbocycles. The second-order valence-electron chi connectivity index (χ2n) is 7.28. The quantitative estimate of drug-likeness (QED) is 0.536. The van der Waals surface area contributed by atoms with Gasteiger partial charge in [0.25, 0.3) is 10.0 Å². The summed E-state index contributed by atoms with van der Waals surface area (Å²) in [5.41, 5.74) is 2.92. The number of carbonyl (C=O) groups excluding carboxylic acids is 1. The Morgan fingerprint density at radius 2 is 1.84 bits per heavy atom. The number of pyridine rings is 1. The van der Waals surface area contributed by atoms with Crippen molar-refractivity contribution in [3.63, 3.8) is 0 Å². The van der Waals surface area contributed by atoms with E-state index in [4.69, 9.17) is 4.74 Å². The first-order valence-electron chi connectivity index (χ1n) is 10.3. The molecular formula is C24H27N3O4S. The number of methoxy groups -OCH3 is 1. The normalized spacial score (nSPS) is 11.1. The lowest BCUT2D eigenvalue weighted by Gasteiger charge is -2.25. The average Bonchev–Trinajstić information content (AvgIpc) is 2.82. The number of anilines is 1. The van der Waals surface area contributed by atoms with E-state index in [1.54, 1.807) is 55.6 Å². The van der Waals surface area contributed by atoms with E-state index in [0.717, 1.165) is 21.9 Å². The monoisotopic (exact) mass is 453 g/mol. The fourth-order valence-corrected chi connectivity index (χ4v) is 4.86. The number of rotatable bonds is 9. The Kier molecular flexibility index (Phi) is 7.48. The van der Waals surface area contributed by atoms with Crippen LogP contribution in [-0.2, 0) is 27.8 Å². The summed E-state index contributed by atoms with van der Waals surface area (Å²) in [5, 5.41) is 2.75. The van der Waals surface area contributed by atoms with Gasteiger partial charge >= 0.3 is 0 Å². The second-order valence-corrected chi connectivity index (χ2v) is 9.11. The minimum absolute atomic E-state index is 0.0112. The summed E-state index contributed by atoms with van der Waals surface area (Å²) >= 11 is 0. The van der Waals surface area contributed by atoms with E-state index in [-0.39, 0.29) is 23.7 Å². The molecule has 1 aromatic heterocycles. The van der Waals surface area contributed by atoms with Crippen molar-refractivity contribution in [1.29, 1.82) is 0 Å². The molecule has 0 spiro atoms. The zero-order valence-corrected chi connectivity index (χ0v) is 19.2. The highest BCUT2D eigenvalue weighted by atomic mass is 32.2. The fourth-order valence-electron chi connectivity index (χ4n) is 3.20. The lowest BCUT2D eigenvalue weighted by Crippen LogP contribution is -2.41. The number of aryl methyl sites for hydroxylation is 2. The Morgan fingerprint density at radius 1 is 1.09 bits per heavy atom. The first-order chi connectivity index (χ1) is 15.3. The van der Waals surface area contributed by atoms with Crippen LogP contribution in [-0.4, -0.2) is 33.0 Å². The van der Waals surface area contributed by atoms with Gasteiger partial charge in [-0.3, -0.25) is 14.1 Å². The number of benzene rings is 2. The van der Waals surface area contributed by atoms with Crippen LogP contribution < -0.4 is 14.4 Å². The van der Waals surface area contributed by atoms with Gasteiger partial charge in [-0.05, 0) is 60.9 Å². The lowest BCUT2D eigenvalue weighted by atomic mass is 10.1. The molecule has 0 saturated heterocycles. The molecule has 8 heteroatoms. The van der Waals surface area contributed by atoms with E-state index in [0.29, 0.717) is 11.4 Å². The summed E-state index contributed by atoms with van der Waals surface area (Å²) in [6.45, 7) is 3.65. The van der Waals surface area contributed by atoms with E-state index < -0.39 is 15.9 Å². The molecule has 168 valence electrons. The molecule has 0 saturated carbocycles. The molecule has 3 aromatic rings. The Bertz CT molecular complexity index is 1160. The smallest absolute Gasteiger partial charge is 0.268 e. The van der Waals surface area contributed by atoms with Gasteiger partial charge in [0, 0.05) is 6.20 Å². The maximum absolute atomic E-state index is 13.7. The average molecular weight is 454 g/mol. The summed E-state index contributed by atoms with van der Waals surface area (Å²) < 4.78 is 33.8. The third-order valence-corrected chi connectivity index (χ3v) is 6.79. The molecule has 0 unspecified atom stereocenters. The molecule has 0 bridgehead atoms. The van der Waals surface area contributed by atoms with Crippen molar-refractivity contribution in [3.05, 3.63) is 83.7 Å². The predicted octanol–water partition coefficient (Wildman–Crippen LogP) is 3.47. The van der Waals surface area contributed by atoms with E-state index in [9.17, 15) is 13.2 Å². The van der Waals surface area contributed by atoms with Crippen molar-refractivity contribution in [3.8, 4) is 5.75 Å². The third kappa shape index (κ3) is 5.45. The van der Waals surface area contributed by atoms with Gasteiger partial charge in [-0.1, -0.05) is 31.2 Å². The highest BCUT2D eigenvalue weighted by molar-refractivity contribution is 7.93. The van der Waals surface area contributed by atoms with Gasteiger partial charge in [-0.2, -0.15) is 0 Å². The van der Waals surface area contributed by atoms with Crippen LogP contribution in [0, 0.1) is 6.92 Å². The van der Waals surface area contributed by atoms with Gasteiger partial charge < -0.3 is 10.1 Å². The van der Waals surface area contributed by atoms with Crippen LogP contribution >= 0.6 is 0 Å². The summed E-state index contributed by atoms with van der Waals surface area (Å²) in [7, 11) is -2.66. The number of nitrogens with one attached hydrogen (secondary N) is 1. The molecule has 7 nitrogen and oxygen atoms in total. The van der Waals surface area contributed by atoms with E-state index in [2.05, 4.69) is 10.3 Å². The molecule has 0 atom stereocenters. The Balaban J connectivity index is 1.95. The number of ether oxygens (including phenoxy) is 1. The summed E-state index contributed by atoms with van der Waals surface area (Å²) in [4.78, 5) is 16.9. The van der Waals surface area contributed by atoms with Gasteiger partial charge in [-0.25, -0.2) is 8.42 Å². The number of hydrogen-bond donors (Lipinski definition) is 1. The van der Waals surface area contributed by atoms with Gasteiger partial charge in [0.1, 0.15) is 17.2 Å². The van der Waals surface area contributed by atoms with Crippen LogP contribution in [0.4, 0.5) is 5.69 Å². The van der Waals surface area contributed by atoms with E-state index >= 15 is 0 Å². The van der Waals surface area contributed by atoms with Gasteiger partial charge in [0.05, 0.1) is 25.0 Å². The molecule has 3 rings (SSSR count). The molecule has 0 fully saturated rings. The fraction of sp³-hybridized carbons (Fsp3) is 0.250. The van der Waals surface area contributed by atoms with E-state index in [1.165, 1.54) is 7.11 Å². The molecule has 0 aliphatic heterocycles. The third-order valence-electron chi connectivity index (χ3n) is 5.00. The first-order valence-corrected chi connectivity index (χ1v) is 11.7. The van der Waals surface area contributed by atoms with Crippen LogP contribution in [0.15, 0.2) is 71.8 Å². The van der Waals surface area contributed by atoms with Crippen LogP contribution in [0.1, 0.15) is 23.7 Å². The molecule has 1 N–H and O–H groups in total. The Labute approximate surface area is 189 Å². The maximum atomic E-state index is 13.7. The number of amides is 1. The van der Waals surface area contributed by atoms with Crippen molar-refractivity contribution in [1.82, 2.24) is 10.3 Å². The van der Waals surface area contributed by atoms with Crippen LogP contribution in [0.3, 0.4) is 0 Å². The van der Waals surface area contributed by atoms with Gasteiger partial charge in [0.15, 0.2) is 0 Å².